The van der Waals surface area contributed by atoms with Crippen LogP contribution in [0.15, 0.2) is 0 Å². The van der Waals surface area contributed by atoms with E-state index < -0.39 is 0 Å². The van der Waals surface area contributed by atoms with Crippen molar-refractivity contribution < 1.29 is 4.74 Å². The minimum Gasteiger partial charge on any atom is -0.382 e. The quantitative estimate of drug-likeness (QED) is 0.508. The maximum Gasteiger partial charge on any atom is 0.0555 e. The van der Waals surface area contributed by atoms with Crippen molar-refractivity contribution in [3.63, 3.8) is 0 Å². The van der Waals surface area contributed by atoms with Gasteiger partial charge >= 0.3 is 0 Å². The smallest absolute Gasteiger partial charge is 0.0555 e. The van der Waals surface area contributed by atoms with Gasteiger partial charge in [0.05, 0.1) is 6.10 Å². The van der Waals surface area contributed by atoms with Gasteiger partial charge < -0.3 is 4.74 Å². The van der Waals surface area contributed by atoms with E-state index in [0.29, 0.717) is 6.10 Å². The van der Waals surface area contributed by atoms with Crippen LogP contribution in [0.4, 0.5) is 0 Å². The maximum atomic E-state index is 5.03. The number of methoxy groups -OCH3 is 1. The van der Waals surface area contributed by atoms with E-state index in [1.165, 1.54) is 0 Å². The third kappa shape index (κ3) is 11.3. The largest absolute Gasteiger partial charge is 0.382 e. The lowest BCUT2D eigenvalue weighted by atomic mass is 10.3. The Bertz CT molecular complexity index is 56.9. The molecule has 0 bridgehead atoms. The number of ether oxygens (including phenoxy) is 1. The normalized spacial score (nSPS) is 11.1. The summed E-state index contributed by atoms with van der Waals surface area (Å²) in [6.45, 7) is 2.83. The van der Waals surface area contributed by atoms with Crippen molar-refractivity contribution in [1.29, 1.82) is 0 Å². The molecule has 0 aliphatic heterocycles. The number of halogens is 2. The van der Waals surface area contributed by atoms with E-state index in [0.717, 1.165) is 13.0 Å². The van der Waals surface area contributed by atoms with Gasteiger partial charge in [0.15, 0.2) is 0 Å². The second-order valence-electron chi connectivity index (χ2n) is 1.79. The molecule has 0 rings (SSSR count). The van der Waals surface area contributed by atoms with Crippen LogP contribution in [0.3, 0.4) is 0 Å². The highest BCUT2D eigenvalue weighted by Gasteiger charge is 1.94. The summed E-state index contributed by atoms with van der Waals surface area (Å²) in [6.07, 6.45) is 1.28. The Balaban J connectivity index is -0.000000245. The molecule has 5 heteroatoms. The van der Waals surface area contributed by atoms with Gasteiger partial charge in [0.2, 0.25) is 0 Å². The summed E-state index contributed by atoms with van der Waals surface area (Å²) in [7, 11) is 1.70. The third-order valence-electron chi connectivity index (χ3n) is 1.10. The Morgan fingerprint density at radius 3 is 2.30 bits per heavy atom. The van der Waals surface area contributed by atoms with E-state index in [2.05, 4.69) is 5.43 Å². The Morgan fingerprint density at radius 2 is 2.00 bits per heavy atom. The predicted octanol–water partition coefficient (Wildman–Crippen LogP) is 0.718. The summed E-state index contributed by atoms with van der Waals surface area (Å²) in [5.41, 5.74) is 2.55. The van der Waals surface area contributed by atoms with Crippen LogP contribution in [-0.2, 0) is 4.74 Å². The van der Waals surface area contributed by atoms with Crippen molar-refractivity contribution in [3.8, 4) is 0 Å². The van der Waals surface area contributed by atoms with Gasteiger partial charge in [0, 0.05) is 13.7 Å². The Labute approximate surface area is 74.5 Å². The zero-order chi connectivity index (χ0) is 6.41. The molecule has 1 atom stereocenters. The van der Waals surface area contributed by atoms with Crippen LogP contribution in [0.25, 0.3) is 0 Å². The molecule has 10 heavy (non-hydrogen) atoms. The van der Waals surface area contributed by atoms with Crippen LogP contribution in [0.1, 0.15) is 13.3 Å². The first kappa shape index (κ1) is 16.8. The zero-order valence-electron chi connectivity index (χ0n) is 6.29. The van der Waals surface area contributed by atoms with Crippen LogP contribution >= 0.6 is 24.8 Å². The first-order valence-electron chi connectivity index (χ1n) is 2.77. The van der Waals surface area contributed by atoms with E-state index in [1.54, 1.807) is 7.11 Å². The molecule has 3 nitrogen and oxygen atoms in total. The van der Waals surface area contributed by atoms with Crippen LogP contribution in [0.5, 0.6) is 0 Å². The number of hydrazine groups is 1. The van der Waals surface area contributed by atoms with Gasteiger partial charge in [-0.2, -0.15) is 0 Å². The highest BCUT2D eigenvalue weighted by Crippen LogP contribution is 1.90. The Morgan fingerprint density at radius 1 is 1.50 bits per heavy atom. The minimum atomic E-state index is 0. The van der Waals surface area contributed by atoms with Crippen LogP contribution in [0, 0.1) is 0 Å². The van der Waals surface area contributed by atoms with E-state index >= 15 is 0 Å². The molecular weight excluding hydrogens is 175 g/mol. The van der Waals surface area contributed by atoms with Crippen molar-refractivity contribution in [2.45, 2.75) is 19.4 Å². The van der Waals surface area contributed by atoms with Crippen LogP contribution in [0.2, 0.25) is 0 Å². The number of hydrogen-bond donors (Lipinski definition) is 2. The number of nitrogens with two attached hydrogens (primary N) is 1. The molecule has 0 aromatic heterocycles. The van der Waals surface area contributed by atoms with Crippen molar-refractivity contribution in [1.82, 2.24) is 5.43 Å². The average Bonchev–Trinajstić information content (AvgIpc) is 1.83. The van der Waals surface area contributed by atoms with Gasteiger partial charge in [-0.1, -0.05) is 0 Å². The monoisotopic (exact) mass is 190 g/mol. The highest BCUT2D eigenvalue weighted by atomic mass is 35.5. The molecule has 3 N–H and O–H groups in total. The molecule has 0 fully saturated rings. The first-order chi connectivity index (χ1) is 3.81. The van der Waals surface area contributed by atoms with E-state index in [1.807, 2.05) is 6.92 Å². The van der Waals surface area contributed by atoms with Crippen molar-refractivity contribution in [2.24, 2.45) is 5.84 Å². The summed E-state index contributed by atoms with van der Waals surface area (Å²) in [6, 6.07) is 0. The highest BCUT2D eigenvalue weighted by molar-refractivity contribution is 5.85. The molecule has 0 radical (unpaired) electrons. The van der Waals surface area contributed by atoms with Gasteiger partial charge in [-0.3, -0.25) is 11.3 Å². The van der Waals surface area contributed by atoms with E-state index in [-0.39, 0.29) is 24.8 Å². The summed E-state index contributed by atoms with van der Waals surface area (Å²) in [5.74, 6) is 5.03. The SMILES string of the molecule is COC(C)CCNN.Cl.Cl. The summed E-state index contributed by atoms with van der Waals surface area (Å²) < 4.78 is 4.96. The van der Waals surface area contributed by atoms with Crippen molar-refractivity contribution in [3.05, 3.63) is 0 Å². The van der Waals surface area contributed by atoms with Gasteiger partial charge in [0.25, 0.3) is 0 Å². The molecule has 0 heterocycles. The van der Waals surface area contributed by atoms with Crippen LogP contribution < -0.4 is 11.3 Å². The lowest BCUT2D eigenvalue weighted by Crippen LogP contribution is -2.25. The molecule has 0 aromatic carbocycles. The lowest BCUT2D eigenvalue weighted by Gasteiger charge is -2.06. The Hall–Kier alpha value is 0.460. The van der Waals surface area contributed by atoms with Gasteiger partial charge in [-0.05, 0) is 13.3 Å². The second kappa shape index (κ2) is 12.2. The van der Waals surface area contributed by atoms with E-state index in [9.17, 15) is 0 Å². The predicted molar refractivity (Wildman–Crippen MR) is 47.8 cm³/mol. The average molecular weight is 191 g/mol. The van der Waals surface area contributed by atoms with Crippen LogP contribution in [-0.4, -0.2) is 19.8 Å². The molecule has 0 amide bonds. The summed E-state index contributed by atoms with van der Waals surface area (Å²) in [4.78, 5) is 0. The summed E-state index contributed by atoms with van der Waals surface area (Å²) >= 11 is 0. The zero-order valence-corrected chi connectivity index (χ0v) is 7.93. The van der Waals surface area contributed by atoms with E-state index in [4.69, 9.17) is 10.6 Å². The topological polar surface area (TPSA) is 47.3 Å². The number of rotatable bonds is 4. The van der Waals surface area contributed by atoms with Gasteiger partial charge in [0.1, 0.15) is 0 Å². The fraction of sp³-hybridized carbons (Fsp3) is 1.00. The molecular formula is C5H16Cl2N2O. The van der Waals surface area contributed by atoms with Gasteiger partial charge in [-0.15, -0.1) is 24.8 Å². The van der Waals surface area contributed by atoms with Crippen molar-refractivity contribution >= 4 is 24.8 Å². The minimum absolute atomic E-state index is 0. The number of hydrogen-bond acceptors (Lipinski definition) is 3. The molecule has 0 spiro atoms. The molecule has 0 saturated heterocycles. The second-order valence-corrected chi connectivity index (χ2v) is 1.79. The standard InChI is InChI=1S/C5H14N2O.2ClH/c1-5(8-2)3-4-7-6;;/h5,7H,3-4,6H2,1-2H3;2*1H. The molecule has 0 saturated carbocycles. The fourth-order valence-electron chi connectivity index (χ4n) is 0.404. The van der Waals surface area contributed by atoms with Gasteiger partial charge in [-0.25, -0.2) is 0 Å². The molecule has 66 valence electrons. The summed E-state index contributed by atoms with van der Waals surface area (Å²) in [5, 5.41) is 0. The number of nitrogens with one attached hydrogen (secondary N) is 1. The fourth-order valence-corrected chi connectivity index (χ4v) is 0.404. The molecule has 0 aliphatic rings. The molecule has 1 unspecified atom stereocenters. The maximum absolute atomic E-state index is 5.03. The van der Waals surface area contributed by atoms with Crippen molar-refractivity contribution in [2.75, 3.05) is 13.7 Å². The first-order valence-corrected chi connectivity index (χ1v) is 2.77. The molecule has 0 aliphatic carbocycles. The third-order valence-corrected chi connectivity index (χ3v) is 1.10. The Kier molecular flexibility index (Phi) is 20.5. The lowest BCUT2D eigenvalue weighted by molar-refractivity contribution is 0.111. The molecule has 0 aromatic rings.